The molecule has 2 N–H and O–H groups in total. The van der Waals surface area contributed by atoms with Gasteiger partial charge in [0.25, 0.3) is 5.91 Å². The number of carbonyl (C=O) groups excluding carboxylic acids is 1. The predicted octanol–water partition coefficient (Wildman–Crippen LogP) is 6.18. The summed E-state index contributed by atoms with van der Waals surface area (Å²) in [7, 11) is 1.46. The molecule has 0 spiro atoms. The summed E-state index contributed by atoms with van der Waals surface area (Å²) in [6.45, 7) is 1.06. The number of hydrogen-bond donors (Lipinski definition) is 2. The highest BCUT2D eigenvalue weighted by molar-refractivity contribution is 6.32. The molecule has 0 bridgehead atoms. The van der Waals surface area contributed by atoms with Gasteiger partial charge in [0.05, 0.1) is 35.9 Å². The minimum Gasteiger partial charge on any atom is -0.495 e. The molecule has 2 aromatic carbocycles. The molecule has 2 heterocycles. The van der Waals surface area contributed by atoms with Gasteiger partial charge >= 0.3 is 6.61 Å². The van der Waals surface area contributed by atoms with Gasteiger partial charge in [0.15, 0.2) is 0 Å². The average Bonchev–Trinajstić information content (AvgIpc) is 3.36. The number of hydrogen-bond acceptors (Lipinski definition) is 7. The van der Waals surface area contributed by atoms with Crippen molar-refractivity contribution in [3.8, 4) is 22.8 Å². The van der Waals surface area contributed by atoms with Crippen molar-refractivity contribution >= 4 is 34.8 Å². The Morgan fingerprint density at radius 3 is 2.65 bits per heavy atom. The highest BCUT2D eigenvalue weighted by atomic mass is 35.5. The Morgan fingerprint density at radius 2 is 1.95 bits per heavy atom. The first-order valence-corrected chi connectivity index (χ1v) is 11.5. The summed E-state index contributed by atoms with van der Waals surface area (Å²) in [5.74, 6) is 0.0910. The Balaban J connectivity index is 1.52. The van der Waals surface area contributed by atoms with Gasteiger partial charge in [0, 0.05) is 35.1 Å². The average molecular weight is 529 g/mol. The van der Waals surface area contributed by atoms with E-state index >= 15 is 0 Å². The van der Waals surface area contributed by atoms with Gasteiger partial charge in [-0.2, -0.15) is 13.9 Å². The Hall–Kier alpha value is -4.25. The third-order valence-electron chi connectivity index (χ3n) is 5.18. The molecule has 0 fully saturated rings. The summed E-state index contributed by atoms with van der Waals surface area (Å²) in [4.78, 5) is 21.5. The number of aromatic nitrogens is 4. The van der Waals surface area contributed by atoms with Crippen molar-refractivity contribution < 1.29 is 23.0 Å². The van der Waals surface area contributed by atoms with Crippen LogP contribution in [0, 0.1) is 0 Å². The largest absolute Gasteiger partial charge is 0.495 e. The zero-order valence-corrected chi connectivity index (χ0v) is 20.8. The fourth-order valence-corrected chi connectivity index (χ4v) is 3.58. The molecule has 2 aromatic heterocycles. The number of rotatable bonds is 9. The topological polar surface area (TPSA) is 103 Å². The van der Waals surface area contributed by atoms with Crippen molar-refractivity contribution in [2.24, 2.45) is 0 Å². The van der Waals surface area contributed by atoms with Crippen molar-refractivity contribution in [2.75, 3.05) is 17.7 Å². The van der Waals surface area contributed by atoms with Crippen LogP contribution in [-0.4, -0.2) is 39.4 Å². The third-order valence-corrected chi connectivity index (χ3v) is 5.45. The number of nitrogens with zero attached hydrogens (tertiary/aromatic N) is 4. The molecule has 0 aliphatic carbocycles. The van der Waals surface area contributed by atoms with E-state index in [-0.39, 0.29) is 23.3 Å². The van der Waals surface area contributed by atoms with Gasteiger partial charge in [-0.1, -0.05) is 17.7 Å². The third kappa shape index (κ3) is 6.31. The van der Waals surface area contributed by atoms with Crippen LogP contribution in [0.15, 0.2) is 61.1 Å². The van der Waals surface area contributed by atoms with E-state index in [1.54, 1.807) is 29.1 Å². The molecule has 192 valence electrons. The van der Waals surface area contributed by atoms with Crippen LogP contribution in [0.25, 0.3) is 11.3 Å². The fraction of sp³-hybridized carbons (Fsp3) is 0.200. The standard InChI is InChI=1S/C25H23ClF2N6O3/c1-14(2)34-13-16(11-30-34)22-19(26)12-29-25(33-22)32-20-8-7-15(9-21(20)36-3)23(35)31-17-5-4-6-18(10-17)37-24(27)28/h4-14,24H,1-3H3,(H,31,35)(H,29,32,33). The molecule has 4 rings (SSSR count). The highest BCUT2D eigenvalue weighted by Crippen LogP contribution is 2.31. The molecule has 9 nitrogen and oxygen atoms in total. The van der Waals surface area contributed by atoms with Crippen LogP contribution < -0.4 is 20.1 Å². The van der Waals surface area contributed by atoms with E-state index in [0.717, 1.165) is 5.56 Å². The maximum atomic E-state index is 12.8. The lowest BCUT2D eigenvalue weighted by Gasteiger charge is -2.13. The van der Waals surface area contributed by atoms with Crippen molar-refractivity contribution in [2.45, 2.75) is 26.5 Å². The number of alkyl halides is 2. The van der Waals surface area contributed by atoms with Crippen molar-refractivity contribution in [1.29, 1.82) is 0 Å². The summed E-state index contributed by atoms with van der Waals surface area (Å²) in [6.07, 6.45) is 5.02. The van der Waals surface area contributed by atoms with Gasteiger partial charge in [0.2, 0.25) is 5.95 Å². The first kappa shape index (κ1) is 25.8. The van der Waals surface area contributed by atoms with Gasteiger partial charge in [-0.05, 0) is 44.2 Å². The van der Waals surface area contributed by atoms with Gasteiger partial charge < -0.3 is 20.1 Å². The minimum atomic E-state index is -2.96. The molecule has 12 heteroatoms. The van der Waals surface area contributed by atoms with E-state index in [1.807, 2.05) is 20.0 Å². The fourth-order valence-electron chi connectivity index (χ4n) is 3.38. The monoisotopic (exact) mass is 528 g/mol. The van der Waals surface area contributed by atoms with Gasteiger partial charge in [-0.3, -0.25) is 9.48 Å². The molecule has 0 aliphatic rings. The van der Waals surface area contributed by atoms with Crippen molar-refractivity contribution in [3.05, 3.63) is 71.6 Å². The second-order valence-electron chi connectivity index (χ2n) is 8.09. The quantitative estimate of drug-likeness (QED) is 0.267. The predicted molar refractivity (Wildman–Crippen MR) is 136 cm³/mol. The molecule has 4 aromatic rings. The van der Waals surface area contributed by atoms with Crippen molar-refractivity contribution in [1.82, 2.24) is 19.7 Å². The molecular weight excluding hydrogens is 506 g/mol. The minimum absolute atomic E-state index is 0.0659. The Kier molecular flexibility index (Phi) is 7.83. The number of methoxy groups -OCH3 is 1. The van der Waals surface area contributed by atoms with Crippen LogP contribution in [0.5, 0.6) is 11.5 Å². The number of halogens is 3. The molecule has 0 radical (unpaired) electrons. The summed E-state index contributed by atoms with van der Waals surface area (Å²) in [5.41, 5.74) is 2.34. The first-order chi connectivity index (χ1) is 17.7. The zero-order valence-electron chi connectivity index (χ0n) is 20.1. The van der Waals surface area contributed by atoms with E-state index in [4.69, 9.17) is 16.3 Å². The lowest BCUT2D eigenvalue weighted by atomic mass is 10.1. The summed E-state index contributed by atoms with van der Waals surface area (Å²) in [6, 6.07) is 10.6. The molecular formula is C25H23ClF2N6O3. The Bertz CT molecular complexity index is 1410. The lowest BCUT2D eigenvalue weighted by molar-refractivity contribution is -0.0498. The number of anilines is 3. The normalized spacial score (nSPS) is 11.0. The van der Waals surface area contributed by atoms with Crippen LogP contribution in [0.4, 0.5) is 26.1 Å². The summed E-state index contributed by atoms with van der Waals surface area (Å²) in [5, 5.41) is 10.4. The van der Waals surface area contributed by atoms with Crippen LogP contribution in [0.2, 0.25) is 5.02 Å². The molecule has 0 saturated heterocycles. The van der Waals surface area contributed by atoms with E-state index < -0.39 is 12.5 Å². The summed E-state index contributed by atoms with van der Waals surface area (Å²) < 4.78 is 36.6. The lowest BCUT2D eigenvalue weighted by Crippen LogP contribution is -2.12. The van der Waals surface area contributed by atoms with Gasteiger partial charge in [0.1, 0.15) is 11.5 Å². The summed E-state index contributed by atoms with van der Waals surface area (Å²) >= 11 is 6.33. The maximum absolute atomic E-state index is 12.8. The molecule has 0 unspecified atom stereocenters. The number of benzene rings is 2. The number of ether oxygens (including phenoxy) is 2. The first-order valence-electron chi connectivity index (χ1n) is 11.1. The molecule has 37 heavy (non-hydrogen) atoms. The SMILES string of the molecule is COc1cc(C(=O)Nc2cccc(OC(F)F)c2)ccc1Nc1ncc(Cl)c(-c2cnn(C(C)C)c2)n1. The van der Waals surface area contributed by atoms with Gasteiger partial charge in [-0.15, -0.1) is 0 Å². The second kappa shape index (κ2) is 11.2. The van der Waals surface area contributed by atoms with Crippen LogP contribution in [-0.2, 0) is 0 Å². The Morgan fingerprint density at radius 1 is 1.14 bits per heavy atom. The Labute approximate surface area is 216 Å². The van der Waals surface area contributed by atoms with E-state index in [0.29, 0.717) is 27.8 Å². The molecule has 0 saturated carbocycles. The second-order valence-corrected chi connectivity index (χ2v) is 8.50. The van der Waals surface area contributed by atoms with Gasteiger partial charge in [-0.25, -0.2) is 9.97 Å². The van der Waals surface area contributed by atoms with Crippen LogP contribution in [0.3, 0.4) is 0 Å². The number of carbonyl (C=O) groups is 1. The smallest absolute Gasteiger partial charge is 0.387 e. The highest BCUT2D eigenvalue weighted by Gasteiger charge is 2.15. The van der Waals surface area contributed by atoms with Crippen LogP contribution >= 0.6 is 11.6 Å². The van der Waals surface area contributed by atoms with E-state index in [2.05, 4.69) is 30.4 Å². The zero-order chi connectivity index (χ0) is 26.5. The van der Waals surface area contributed by atoms with Crippen molar-refractivity contribution in [3.63, 3.8) is 0 Å². The van der Waals surface area contributed by atoms with Crippen LogP contribution in [0.1, 0.15) is 30.2 Å². The molecule has 0 aliphatic heterocycles. The molecule has 0 atom stereocenters. The molecule has 1 amide bonds. The number of nitrogens with one attached hydrogen (secondary N) is 2. The maximum Gasteiger partial charge on any atom is 0.387 e. The number of amides is 1. The van der Waals surface area contributed by atoms with E-state index in [9.17, 15) is 13.6 Å². The van der Waals surface area contributed by atoms with E-state index in [1.165, 1.54) is 37.6 Å².